The number of aryl methyl sites for hydroxylation is 1. The van der Waals surface area contributed by atoms with Gasteiger partial charge in [0.05, 0.1) is 23.5 Å². The van der Waals surface area contributed by atoms with Crippen molar-refractivity contribution >= 4 is 5.91 Å². The lowest BCUT2D eigenvalue weighted by Crippen LogP contribution is -2.48. The number of carbonyl (C=O) groups is 1. The van der Waals surface area contributed by atoms with Crippen LogP contribution in [-0.2, 0) is 4.74 Å². The van der Waals surface area contributed by atoms with Gasteiger partial charge >= 0.3 is 0 Å². The molecule has 4 nitrogen and oxygen atoms in total. The highest BCUT2D eigenvalue weighted by atomic mass is 16.5. The zero-order valence-electron chi connectivity index (χ0n) is 17.6. The Kier molecular flexibility index (Phi) is 5.29. The molecule has 29 heavy (non-hydrogen) atoms. The fraction of sp³-hybridized carbons (Fsp3) is 0.320. The summed E-state index contributed by atoms with van der Waals surface area (Å²) in [5.41, 5.74) is 6.13. The van der Waals surface area contributed by atoms with Gasteiger partial charge in [0, 0.05) is 24.5 Å². The lowest BCUT2D eigenvalue weighted by Gasteiger charge is -2.35. The first-order valence-electron chi connectivity index (χ1n) is 10.2. The molecule has 1 fully saturated rings. The molecule has 1 saturated heterocycles. The van der Waals surface area contributed by atoms with Crippen LogP contribution in [0.2, 0.25) is 0 Å². The topological polar surface area (TPSA) is 34.5 Å². The van der Waals surface area contributed by atoms with E-state index >= 15 is 0 Å². The van der Waals surface area contributed by atoms with Gasteiger partial charge in [-0.25, -0.2) is 0 Å². The van der Waals surface area contributed by atoms with E-state index in [1.165, 1.54) is 5.56 Å². The van der Waals surface area contributed by atoms with E-state index in [1.54, 1.807) is 0 Å². The van der Waals surface area contributed by atoms with Crippen molar-refractivity contribution in [2.24, 2.45) is 0 Å². The molecule has 3 aromatic rings. The molecule has 1 aliphatic heterocycles. The van der Waals surface area contributed by atoms with Gasteiger partial charge in [0.15, 0.2) is 0 Å². The molecule has 1 amide bonds. The van der Waals surface area contributed by atoms with E-state index in [1.807, 2.05) is 49.9 Å². The number of benzene rings is 2. The van der Waals surface area contributed by atoms with E-state index in [0.29, 0.717) is 13.1 Å². The minimum Gasteiger partial charge on any atom is -0.372 e. The van der Waals surface area contributed by atoms with Crippen LogP contribution in [-0.4, -0.2) is 40.7 Å². The molecule has 4 heteroatoms. The van der Waals surface area contributed by atoms with Crippen molar-refractivity contribution in [1.82, 2.24) is 9.47 Å². The molecule has 2 atom stereocenters. The fourth-order valence-corrected chi connectivity index (χ4v) is 4.19. The van der Waals surface area contributed by atoms with Crippen LogP contribution in [0.3, 0.4) is 0 Å². The van der Waals surface area contributed by atoms with Gasteiger partial charge in [-0.1, -0.05) is 48.0 Å². The standard InChI is InChI=1S/C25H28N2O2/c1-17-10-12-22(13-11-17)27-20(4)23(14-24(27)21-8-6-5-7-9-21)25(28)26-15-18(2)29-19(3)16-26/h5-14,18-19H,15-16H2,1-4H3/t18-,19+. The summed E-state index contributed by atoms with van der Waals surface area (Å²) >= 11 is 0. The summed E-state index contributed by atoms with van der Waals surface area (Å²) in [7, 11) is 0. The van der Waals surface area contributed by atoms with E-state index < -0.39 is 0 Å². The van der Waals surface area contributed by atoms with Crippen LogP contribution in [0.1, 0.15) is 35.5 Å². The van der Waals surface area contributed by atoms with Gasteiger partial charge < -0.3 is 14.2 Å². The third kappa shape index (κ3) is 3.85. The largest absolute Gasteiger partial charge is 0.372 e. The maximum absolute atomic E-state index is 13.5. The SMILES string of the molecule is Cc1ccc(-n2c(-c3ccccc3)cc(C(=O)N3C[C@@H](C)O[C@@H](C)C3)c2C)cc1. The molecule has 0 saturated carbocycles. The maximum Gasteiger partial charge on any atom is 0.255 e. The second-order valence-corrected chi connectivity index (χ2v) is 8.03. The molecule has 0 N–H and O–H groups in total. The molecule has 150 valence electrons. The molecule has 0 aliphatic carbocycles. The summed E-state index contributed by atoms with van der Waals surface area (Å²) in [6.45, 7) is 9.41. The lowest BCUT2D eigenvalue weighted by atomic mass is 10.1. The molecular formula is C25H28N2O2. The van der Waals surface area contributed by atoms with Crippen LogP contribution in [0.4, 0.5) is 0 Å². The summed E-state index contributed by atoms with van der Waals surface area (Å²) in [6, 6.07) is 20.7. The van der Waals surface area contributed by atoms with E-state index in [0.717, 1.165) is 28.2 Å². The van der Waals surface area contributed by atoms with E-state index in [-0.39, 0.29) is 18.1 Å². The minimum atomic E-state index is 0.0517. The maximum atomic E-state index is 13.5. The Morgan fingerprint density at radius 1 is 0.931 bits per heavy atom. The molecule has 1 aromatic heterocycles. The van der Waals surface area contributed by atoms with Gasteiger partial charge in [-0.15, -0.1) is 0 Å². The average molecular weight is 389 g/mol. The number of ether oxygens (including phenoxy) is 1. The first-order chi connectivity index (χ1) is 13.9. The van der Waals surface area contributed by atoms with Crippen molar-refractivity contribution < 1.29 is 9.53 Å². The van der Waals surface area contributed by atoms with Crippen molar-refractivity contribution in [2.45, 2.75) is 39.9 Å². The van der Waals surface area contributed by atoms with Crippen molar-refractivity contribution in [3.63, 3.8) is 0 Å². The van der Waals surface area contributed by atoms with E-state index in [2.05, 4.69) is 47.9 Å². The number of carbonyl (C=O) groups excluding carboxylic acids is 1. The number of nitrogens with zero attached hydrogens (tertiary/aromatic N) is 2. The molecule has 2 heterocycles. The summed E-state index contributed by atoms with van der Waals surface area (Å²) in [5, 5.41) is 0. The molecule has 4 rings (SSSR count). The summed E-state index contributed by atoms with van der Waals surface area (Å²) in [6.07, 6.45) is 0.103. The molecular weight excluding hydrogens is 360 g/mol. The Balaban J connectivity index is 1.81. The normalized spacial score (nSPS) is 19.4. The van der Waals surface area contributed by atoms with Gasteiger partial charge in [-0.05, 0) is 51.5 Å². The highest BCUT2D eigenvalue weighted by Gasteiger charge is 2.29. The van der Waals surface area contributed by atoms with Crippen LogP contribution in [0, 0.1) is 13.8 Å². The van der Waals surface area contributed by atoms with Crippen LogP contribution >= 0.6 is 0 Å². The Hall–Kier alpha value is -2.85. The fourth-order valence-electron chi connectivity index (χ4n) is 4.19. The number of amides is 1. The van der Waals surface area contributed by atoms with Crippen LogP contribution in [0.5, 0.6) is 0 Å². The Morgan fingerprint density at radius 2 is 1.55 bits per heavy atom. The quantitative estimate of drug-likeness (QED) is 0.632. The number of aromatic nitrogens is 1. The van der Waals surface area contributed by atoms with Gasteiger partial charge in [-0.3, -0.25) is 4.79 Å². The predicted molar refractivity (Wildman–Crippen MR) is 117 cm³/mol. The van der Waals surface area contributed by atoms with Crippen molar-refractivity contribution in [2.75, 3.05) is 13.1 Å². The third-order valence-corrected chi connectivity index (χ3v) is 5.55. The van der Waals surface area contributed by atoms with Gasteiger partial charge in [0.1, 0.15) is 0 Å². The van der Waals surface area contributed by atoms with Crippen LogP contribution in [0.25, 0.3) is 16.9 Å². The van der Waals surface area contributed by atoms with Crippen LogP contribution < -0.4 is 0 Å². The van der Waals surface area contributed by atoms with Crippen molar-refractivity contribution in [1.29, 1.82) is 0 Å². The smallest absolute Gasteiger partial charge is 0.255 e. The monoisotopic (exact) mass is 388 g/mol. The zero-order valence-corrected chi connectivity index (χ0v) is 17.6. The van der Waals surface area contributed by atoms with Gasteiger partial charge in [0.2, 0.25) is 0 Å². The highest BCUT2D eigenvalue weighted by molar-refractivity contribution is 5.97. The van der Waals surface area contributed by atoms with E-state index in [4.69, 9.17) is 4.74 Å². The summed E-state index contributed by atoms with van der Waals surface area (Å²) < 4.78 is 8.00. The molecule has 0 unspecified atom stereocenters. The van der Waals surface area contributed by atoms with Crippen molar-refractivity contribution in [3.05, 3.63) is 77.5 Å². The third-order valence-electron chi connectivity index (χ3n) is 5.55. The molecule has 0 radical (unpaired) electrons. The minimum absolute atomic E-state index is 0.0517. The first-order valence-corrected chi connectivity index (χ1v) is 10.2. The number of morpholine rings is 1. The predicted octanol–water partition coefficient (Wildman–Crippen LogP) is 5.01. The molecule has 0 bridgehead atoms. The lowest BCUT2D eigenvalue weighted by molar-refractivity contribution is -0.0586. The summed E-state index contributed by atoms with van der Waals surface area (Å²) in [4.78, 5) is 15.4. The Labute approximate surface area is 172 Å². The van der Waals surface area contributed by atoms with Crippen LogP contribution in [0.15, 0.2) is 60.7 Å². The van der Waals surface area contributed by atoms with E-state index in [9.17, 15) is 4.79 Å². The highest BCUT2D eigenvalue weighted by Crippen LogP contribution is 2.31. The number of hydrogen-bond acceptors (Lipinski definition) is 2. The second kappa shape index (κ2) is 7.88. The Morgan fingerprint density at radius 3 is 2.17 bits per heavy atom. The zero-order chi connectivity index (χ0) is 20.5. The molecule has 0 spiro atoms. The van der Waals surface area contributed by atoms with Crippen molar-refractivity contribution in [3.8, 4) is 16.9 Å². The Bertz CT molecular complexity index is 995. The second-order valence-electron chi connectivity index (χ2n) is 8.03. The average Bonchev–Trinajstić information content (AvgIpc) is 3.05. The van der Waals surface area contributed by atoms with Gasteiger partial charge in [0.25, 0.3) is 5.91 Å². The summed E-state index contributed by atoms with van der Waals surface area (Å²) in [5.74, 6) is 0.0764. The van der Waals surface area contributed by atoms with Gasteiger partial charge in [-0.2, -0.15) is 0 Å². The number of hydrogen-bond donors (Lipinski definition) is 0. The first kappa shape index (κ1) is 19.5. The molecule has 1 aliphatic rings. The number of rotatable bonds is 3. The molecule has 2 aromatic carbocycles.